The van der Waals surface area contributed by atoms with E-state index >= 15 is 0 Å². The Morgan fingerprint density at radius 1 is 1.59 bits per heavy atom. The molecule has 2 rings (SSSR count). The van der Waals surface area contributed by atoms with Crippen LogP contribution in [0.25, 0.3) is 0 Å². The number of nitrogens with one attached hydrogen (secondary N) is 2. The molecule has 0 aliphatic heterocycles. The van der Waals surface area contributed by atoms with Gasteiger partial charge in [0.05, 0.1) is 6.54 Å². The molecule has 17 heavy (non-hydrogen) atoms. The van der Waals surface area contributed by atoms with Gasteiger partial charge in [0.15, 0.2) is 0 Å². The highest BCUT2D eigenvalue weighted by molar-refractivity contribution is 5.74. The largest absolute Gasteiger partial charge is 0.337 e. The van der Waals surface area contributed by atoms with E-state index in [0.29, 0.717) is 6.92 Å². The summed E-state index contributed by atoms with van der Waals surface area (Å²) in [4.78, 5) is 14.7. The molecule has 0 radical (unpaired) electrons. The number of amides is 2. The van der Waals surface area contributed by atoms with Crippen LogP contribution in [0, 0.1) is 0 Å². The van der Waals surface area contributed by atoms with Crippen LogP contribution in [0.2, 0.25) is 0 Å². The molecule has 1 aliphatic rings. The zero-order chi connectivity index (χ0) is 12.5. The quantitative estimate of drug-likeness (QED) is 0.834. The molecule has 94 valence electrons. The van der Waals surface area contributed by atoms with Gasteiger partial charge in [-0.2, -0.15) is 13.8 Å². The first kappa shape index (κ1) is 11.7. The predicted octanol–water partition coefficient (Wildman–Crippen LogP) is 1.14. The van der Waals surface area contributed by atoms with Gasteiger partial charge in [0.2, 0.25) is 11.7 Å². The molecule has 2 N–H and O–H groups in total. The van der Waals surface area contributed by atoms with Gasteiger partial charge in [0.1, 0.15) is 0 Å². The molecule has 1 aromatic heterocycles. The topological polar surface area (TPSA) is 80.0 Å². The fourth-order valence-electron chi connectivity index (χ4n) is 1.12. The molecule has 6 nitrogen and oxygen atoms in total. The van der Waals surface area contributed by atoms with Gasteiger partial charge in [-0.15, -0.1) is 0 Å². The summed E-state index contributed by atoms with van der Waals surface area (Å²) in [5.74, 6) is -3.87. The Kier molecular flexibility index (Phi) is 2.95. The van der Waals surface area contributed by atoms with Gasteiger partial charge in [-0.3, -0.25) is 0 Å². The maximum absolute atomic E-state index is 12.8. The van der Waals surface area contributed by atoms with Crippen LogP contribution in [-0.2, 0) is 12.5 Å². The number of hydrogen-bond acceptors (Lipinski definition) is 4. The molecule has 0 spiro atoms. The number of alkyl halides is 2. The van der Waals surface area contributed by atoms with Crippen molar-refractivity contribution in [1.82, 2.24) is 20.8 Å². The first-order chi connectivity index (χ1) is 7.95. The van der Waals surface area contributed by atoms with Crippen molar-refractivity contribution in [3.05, 3.63) is 11.7 Å². The van der Waals surface area contributed by atoms with Gasteiger partial charge in [-0.1, -0.05) is 5.16 Å². The normalized spacial score (nSPS) is 15.7. The Labute approximate surface area is 95.8 Å². The van der Waals surface area contributed by atoms with Gasteiger partial charge in [-0.25, -0.2) is 4.79 Å². The number of urea groups is 1. The van der Waals surface area contributed by atoms with E-state index in [4.69, 9.17) is 0 Å². The minimum atomic E-state index is -3.14. The van der Waals surface area contributed by atoms with E-state index in [9.17, 15) is 13.6 Å². The molecule has 0 unspecified atom stereocenters. The summed E-state index contributed by atoms with van der Waals surface area (Å²) < 4.78 is 30.1. The van der Waals surface area contributed by atoms with Crippen molar-refractivity contribution in [2.75, 3.05) is 0 Å². The smallest absolute Gasteiger partial charge is 0.315 e. The molecule has 1 aliphatic carbocycles. The van der Waals surface area contributed by atoms with Gasteiger partial charge in [-0.05, 0) is 12.8 Å². The van der Waals surface area contributed by atoms with Crippen LogP contribution < -0.4 is 10.6 Å². The molecule has 0 saturated heterocycles. The summed E-state index contributed by atoms with van der Waals surface area (Å²) in [5.41, 5.74) is 0. The third kappa shape index (κ3) is 3.36. The van der Waals surface area contributed by atoms with E-state index in [0.717, 1.165) is 12.8 Å². The van der Waals surface area contributed by atoms with E-state index in [1.807, 2.05) is 0 Å². The molecule has 0 atom stereocenters. The molecule has 2 amide bonds. The number of aromatic nitrogens is 2. The molecule has 1 fully saturated rings. The molecule has 1 saturated carbocycles. The second kappa shape index (κ2) is 4.27. The van der Waals surface area contributed by atoms with Crippen LogP contribution in [0.5, 0.6) is 0 Å². The molecule has 8 heteroatoms. The Bertz CT molecular complexity index is 411. The highest BCUT2D eigenvalue weighted by Crippen LogP contribution is 2.23. The highest BCUT2D eigenvalue weighted by atomic mass is 19.3. The molecular formula is C9H12F2N4O2. The molecule has 1 heterocycles. The third-order valence-corrected chi connectivity index (χ3v) is 2.17. The van der Waals surface area contributed by atoms with Gasteiger partial charge >= 0.3 is 12.0 Å². The fraction of sp³-hybridized carbons (Fsp3) is 0.667. The summed E-state index contributed by atoms with van der Waals surface area (Å²) in [6, 6.07) is -0.135. The van der Waals surface area contributed by atoms with Gasteiger partial charge in [0, 0.05) is 13.0 Å². The van der Waals surface area contributed by atoms with Crippen LogP contribution >= 0.6 is 0 Å². The summed E-state index contributed by atoms with van der Waals surface area (Å²) in [5, 5.41) is 8.25. The number of halogens is 2. The zero-order valence-corrected chi connectivity index (χ0v) is 9.17. The number of hydrogen-bond donors (Lipinski definition) is 2. The van der Waals surface area contributed by atoms with Gasteiger partial charge in [0.25, 0.3) is 0 Å². The Morgan fingerprint density at radius 2 is 2.29 bits per heavy atom. The number of nitrogens with zero attached hydrogens (tertiary/aromatic N) is 2. The summed E-state index contributed by atoms with van der Waals surface area (Å²) >= 11 is 0. The van der Waals surface area contributed by atoms with Gasteiger partial charge < -0.3 is 15.2 Å². The second-order valence-electron chi connectivity index (χ2n) is 4.00. The zero-order valence-electron chi connectivity index (χ0n) is 9.17. The lowest BCUT2D eigenvalue weighted by Crippen LogP contribution is -2.36. The fourth-order valence-corrected chi connectivity index (χ4v) is 1.12. The molecule has 0 aromatic carbocycles. The standard InChI is InChI=1S/C9H12F2N4O2/c1-9(10,11)7-14-6(17-15-7)4-12-8(16)13-5-2-3-5/h5H,2-4H2,1H3,(H2,12,13,16). The van der Waals surface area contributed by atoms with Crippen molar-refractivity contribution >= 4 is 6.03 Å². The lowest BCUT2D eigenvalue weighted by Gasteiger charge is -2.03. The van der Waals surface area contributed by atoms with Crippen molar-refractivity contribution in [3.8, 4) is 0 Å². The average Bonchev–Trinajstić information content (AvgIpc) is 2.90. The van der Waals surface area contributed by atoms with Crippen LogP contribution in [0.1, 0.15) is 31.5 Å². The monoisotopic (exact) mass is 246 g/mol. The Morgan fingerprint density at radius 3 is 2.82 bits per heavy atom. The van der Waals surface area contributed by atoms with Crippen molar-refractivity contribution in [3.63, 3.8) is 0 Å². The van der Waals surface area contributed by atoms with E-state index in [1.54, 1.807) is 0 Å². The number of rotatable bonds is 4. The number of carbonyl (C=O) groups excluding carboxylic acids is 1. The summed E-state index contributed by atoms with van der Waals surface area (Å²) in [6.45, 7) is 0.608. The maximum atomic E-state index is 12.8. The van der Waals surface area contributed by atoms with Crippen molar-refractivity contribution in [2.45, 2.75) is 38.3 Å². The molecular weight excluding hydrogens is 234 g/mol. The highest BCUT2D eigenvalue weighted by Gasteiger charge is 2.31. The van der Waals surface area contributed by atoms with Crippen LogP contribution in [-0.4, -0.2) is 22.2 Å². The van der Waals surface area contributed by atoms with Crippen molar-refractivity contribution in [1.29, 1.82) is 0 Å². The molecule has 0 bridgehead atoms. The minimum absolute atomic E-state index is 0.0486. The average molecular weight is 246 g/mol. The third-order valence-electron chi connectivity index (χ3n) is 2.17. The summed E-state index contributed by atoms with van der Waals surface area (Å²) in [6.07, 6.45) is 1.94. The van der Waals surface area contributed by atoms with Crippen LogP contribution in [0.3, 0.4) is 0 Å². The van der Waals surface area contributed by atoms with E-state index < -0.39 is 11.7 Å². The van der Waals surface area contributed by atoms with Crippen molar-refractivity contribution < 1.29 is 18.1 Å². The first-order valence-corrected chi connectivity index (χ1v) is 5.20. The van der Waals surface area contributed by atoms with E-state index in [-0.39, 0.29) is 24.5 Å². The first-order valence-electron chi connectivity index (χ1n) is 5.20. The minimum Gasteiger partial charge on any atom is -0.337 e. The number of carbonyl (C=O) groups is 1. The maximum Gasteiger partial charge on any atom is 0.315 e. The molecule has 1 aromatic rings. The van der Waals surface area contributed by atoms with E-state index in [1.165, 1.54) is 0 Å². The van der Waals surface area contributed by atoms with Crippen LogP contribution in [0.15, 0.2) is 4.52 Å². The summed E-state index contributed by atoms with van der Waals surface area (Å²) in [7, 11) is 0. The Hall–Kier alpha value is -1.73. The van der Waals surface area contributed by atoms with Crippen molar-refractivity contribution in [2.24, 2.45) is 0 Å². The lowest BCUT2D eigenvalue weighted by molar-refractivity contribution is 0.00559. The van der Waals surface area contributed by atoms with E-state index in [2.05, 4.69) is 25.3 Å². The Balaban J connectivity index is 1.82. The SMILES string of the molecule is CC(F)(F)c1noc(CNC(=O)NC2CC2)n1. The lowest BCUT2D eigenvalue weighted by atomic mass is 10.4. The van der Waals surface area contributed by atoms with Crippen LogP contribution in [0.4, 0.5) is 13.6 Å². The second-order valence-corrected chi connectivity index (χ2v) is 4.00. The predicted molar refractivity (Wildman–Crippen MR) is 52.3 cm³/mol.